The number of terminal acetylenes is 1. The van der Waals surface area contributed by atoms with Crippen LogP contribution < -0.4 is 4.90 Å². The van der Waals surface area contributed by atoms with Crippen LogP contribution in [-0.2, 0) is 4.74 Å². The predicted molar refractivity (Wildman–Crippen MR) is 59.6 cm³/mol. The Hall–Kier alpha value is -1.95. The minimum atomic E-state index is -0.415. The summed E-state index contributed by atoms with van der Waals surface area (Å²) in [6.07, 6.45) is 4.79. The minimum absolute atomic E-state index is 0.211. The van der Waals surface area contributed by atoms with E-state index in [1.54, 1.807) is 6.92 Å². The van der Waals surface area contributed by atoms with Gasteiger partial charge in [-0.3, -0.25) is 4.90 Å². The number of para-hydroxylation sites is 1. The number of amides is 1. The Morgan fingerprint density at radius 2 is 2.13 bits per heavy atom. The van der Waals surface area contributed by atoms with Crippen LogP contribution in [0.4, 0.5) is 10.5 Å². The Morgan fingerprint density at radius 1 is 1.47 bits per heavy atom. The van der Waals surface area contributed by atoms with Crippen LogP contribution in [0.3, 0.4) is 0 Å². The Labute approximate surface area is 89.7 Å². The molecule has 78 valence electrons. The van der Waals surface area contributed by atoms with Gasteiger partial charge in [-0.1, -0.05) is 24.1 Å². The topological polar surface area (TPSA) is 29.5 Å². The van der Waals surface area contributed by atoms with Gasteiger partial charge in [-0.15, -0.1) is 6.42 Å². The van der Waals surface area contributed by atoms with Crippen LogP contribution in [0.1, 0.15) is 6.92 Å². The number of hydrogen-bond donors (Lipinski definition) is 0. The predicted octanol–water partition coefficient (Wildman–Crippen LogP) is 2.28. The third-order valence-electron chi connectivity index (χ3n) is 1.81. The summed E-state index contributed by atoms with van der Waals surface area (Å²) in [6, 6.07) is 9.20. The van der Waals surface area contributed by atoms with Crippen molar-refractivity contribution in [3.63, 3.8) is 0 Å². The fourth-order valence-corrected chi connectivity index (χ4v) is 1.16. The molecule has 0 fully saturated rings. The van der Waals surface area contributed by atoms with Crippen molar-refractivity contribution >= 4 is 11.8 Å². The van der Waals surface area contributed by atoms with Crippen LogP contribution in [0, 0.1) is 12.3 Å². The van der Waals surface area contributed by atoms with Gasteiger partial charge in [0.25, 0.3) is 0 Å². The zero-order valence-corrected chi connectivity index (χ0v) is 8.64. The first-order valence-corrected chi connectivity index (χ1v) is 4.72. The standard InChI is InChI=1S/C12H13NO2/c1-3-10-13(12(14)15-4-2)11-8-6-5-7-9-11/h1,5-9H,4,10H2,2H3. The molecule has 0 saturated carbocycles. The molecule has 0 aliphatic carbocycles. The quantitative estimate of drug-likeness (QED) is 0.705. The van der Waals surface area contributed by atoms with E-state index in [0.29, 0.717) is 6.61 Å². The van der Waals surface area contributed by atoms with E-state index < -0.39 is 6.09 Å². The van der Waals surface area contributed by atoms with Gasteiger partial charge < -0.3 is 4.74 Å². The minimum Gasteiger partial charge on any atom is -0.449 e. The molecule has 0 bridgehead atoms. The molecule has 0 saturated heterocycles. The van der Waals surface area contributed by atoms with Crippen molar-refractivity contribution in [3.8, 4) is 12.3 Å². The molecule has 3 heteroatoms. The Morgan fingerprint density at radius 3 is 2.67 bits per heavy atom. The molecule has 1 rings (SSSR count). The molecule has 3 nitrogen and oxygen atoms in total. The fraction of sp³-hybridized carbons (Fsp3) is 0.250. The lowest BCUT2D eigenvalue weighted by atomic mass is 10.3. The maximum atomic E-state index is 11.5. The van der Waals surface area contributed by atoms with Crippen LogP contribution in [0.2, 0.25) is 0 Å². The van der Waals surface area contributed by atoms with Crippen LogP contribution >= 0.6 is 0 Å². The van der Waals surface area contributed by atoms with Gasteiger partial charge in [-0.05, 0) is 19.1 Å². The molecule has 1 aromatic rings. The third kappa shape index (κ3) is 3.03. The van der Waals surface area contributed by atoms with Crippen LogP contribution in [0.5, 0.6) is 0 Å². The SMILES string of the molecule is C#CCN(C(=O)OCC)c1ccccc1. The van der Waals surface area contributed by atoms with Crippen molar-refractivity contribution in [2.75, 3.05) is 18.1 Å². The second-order valence-electron chi connectivity index (χ2n) is 2.82. The number of rotatable bonds is 3. The fourth-order valence-electron chi connectivity index (χ4n) is 1.16. The number of hydrogen-bond acceptors (Lipinski definition) is 2. The van der Waals surface area contributed by atoms with Gasteiger partial charge in [0.05, 0.1) is 13.2 Å². The molecule has 0 aliphatic rings. The third-order valence-corrected chi connectivity index (χ3v) is 1.81. The first-order valence-electron chi connectivity index (χ1n) is 4.72. The van der Waals surface area contributed by atoms with Gasteiger partial charge in [0.15, 0.2) is 0 Å². The van der Waals surface area contributed by atoms with Crippen molar-refractivity contribution in [2.45, 2.75) is 6.92 Å². The first kappa shape index (κ1) is 11.1. The van der Waals surface area contributed by atoms with Crippen molar-refractivity contribution in [3.05, 3.63) is 30.3 Å². The lowest BCUT2D eigenvalue weighted by Crippen LogP contribution is -2.31. The second kappa shape index (κ2) is 5.71. The highest BCUT2D eigenvalue weighted by Gasteiger charge is 2.14. The second-order valence-corrected chi connectivity index (χ2v) is 2.82. The molecule has 0 spiro atoms. The maximum Gasteiger partial charge on any atom is 0.415 e. The number of benzene rings is 1. The summed E-state index contributed by atoms with van der Waals surface area (Å²) in [5.74, 6) is 2.43. The van der Waals surface area contributed by atoms with Gasteiger partial charge in [0.1, 0.15) is 0 Å². The zero-order chi connectivity index (χ0) is 11.1. The van der Waals surface area contributed by atoms with E-state index >= 15 is 0 Å². The monoisotopic (exact) mass is 203 g/mol. The number of carbonyl (C=O) groups excluding carboxylic acids is 1. The molecule has 0 unspecified atom stereocenters. The molecule has 0 N–H and O–H groups in total. The zero-order valence-electron chi connectivity index (χ0n) is 8.64. The van der Waals surface area contributed by atoms with Crippen LogP contribution in [-0.4, -0.2) is 19.2 Å². The summed E-state index contributed by atoms with van der Waals surface area (Å²) < 4.78 is 4.90. The highest BCUT2D eigenvalue weighted by molar-refractivity contribution is 5.88. The molecule has 0 aromatic heterocycles. The van der Waals surface area contributed by atoms with E-state index in [9.17, 15) is 4.79 Å². The number of carbonyl (C=O) groups is 1. The summed E-state index contributed by atoms with van der Waals surface area (Å²) in [4.78, 5) is 13.0. The molecular formula is C12H13NO2. The van der Waals surface area contributed by atoms with Crippen molar-refractivity contribution in [1.82, 2.24) is 0 Å². The van der Waals surface area contributed by atoms with Gasteiger partial charge in [0, 0.05) is 5.69 Å². The maximum absolute atomic E-state index is 11.5. The lowest BCUT2D eigenvalue weighted by Gasteiger charge is -2.19. The molecule has 1 aromatic carbocycles. The van der Waals surface area contributed by atoms with Crippen molar-refractivity contribution in [2.24, 2.45) is 0 Å². The van der Waals surface area contributed by atoms with E-state index in [0.717, 1.165) is 5.69 Å². The number of ether oxygens (including phenoxy) is 1. The summed E-state index contributed by atoms with van der Waals surface area (Å²) in [5, 5.41) is 0. The molecule has 15 heavy (non-hydrogen) atoms. The summed E-state index contributed by atoms with van der Waals surface area (Å²) in [7, 11) is 0. The molecule has 0 atom stereocenters. The van der Waals surface area contributed by atoms with Gasteiger partial charge >= 0.3 is 6.09 Å². The van der Waals surface area contributed by atoms with Gasteiger partial charge in [0.2, 0.25) is 0 Å². The molecule has 0 heterocycles. The van der Waals surface area contributed by atoms with Gasteiger partial charge in [-0.2, -0.15) is 0 Å². The average molecular weight is 203 g/mol. The molecule has 1 amide bonds. The number of nitrogens with zero attached hydrogens (tertiary/aromatic N) is 1. The van der Waals surface area contributed by atoms with Crippen LogP contribution in [0.25, 0.3) is 0 Å². The molecular weight excluding hydrogens is 190 g/mol. The highest BCUT2D eigenvalue weighted by Crippen LogP contribution is 2.13. The molecule has 0 radical (unpaired) electrons. The highest BCUT2D eigenvalue weighted by atomic mass is 16.6. The van der Waals surface area contributed by atoms with Crippen molar-refractivity contribution in [1.29, 1.82) is 0 Å². The smallest absolute Gasteiger partial charge is 0.415 e. The van der Waals surface area contributed by atoms with E-state index in [-0.39, 0.29) is 6.54 Å². The summed E-state index contributed by atoms with van der Waals surface area (Å²) in [5.41, 5.74) is 0.744. The normalized spacial score (nSPS) is 9.07. The van der Waals surface area contributed by atoms with Crippen LogP contribution in [0.15, 0.2) is 30.3 Å². The first-order chi connectivity index (χ1) is 7.29. The lowest BCUT2D eigenvalue weighted by molar-refractivity contribution is 0.160. The van der Waals surface area contributed by atoms with E-state index in [1.165, 1.54) is 4.90 Å². The summed E-state index contributed by atoms with van der Waals surface area (Å²) >= 11 is 0. The Balaban J connectivity index is 2.84. The Bertz CT molecular complexity index is 354. The molecule has 0 aliphatic heterocycles. The summed E-state index contributed by atoms with van der Waals surface area (Å²) in [6.45, 7) is 2.31. The van der Waals surface area contributed by atoms with E-state index in [2.05, 4.69) is 5.92 Å². The largest absolute Gasteiger partial charge is 0.449 e. The average Bonchev–Trinajstić information content (AvgIpc) is 2.27. The van der Waals surface area contributed by atoms with Gasteiger partial charge in [-0.25, -0.2) is 4.79 Å². The van der Waals surface area contributed by atoms with E-state index in [4.69, 9.17) is 11.2 Å². The van der Waals surface area contributed by atoms with Crippen molar-refractivity contribution < 1.29 is 9.53 Å². The Kier molecular flexibility index (Phi) is 4.24. The van der Waals surface area contributed by atoms with E-state index in [1.807, 2.05) is 30.3 Å². The number of anilines is 1.